The van der Waals surface area contributed by atoms with Crippen LogP contribution in [0.1, 0.15) is 6.92 Å². The van der Waals surface area contributed by atoms with Crippen LogP contribution in [0.15, 0.2) is 70.8 Å². The van der Waals surface area contributed by atoms with E-state index in [4.69, 9.17) is 5.14 Å². The lowest BCUT2D eigenvalue weighted by molar-refractivity contribution is -0.115. The zero-order valence-electron chi connectivity index (χ0n) is 15.4. The maximum absolute atomic E-state index is 12.5. The Balaban J connectivity index is 1.71. The van der Waals surface area contributed by atoms with Gasteiger partial charge < -0.3 is 9.88 Å². The van der Waals surface area contributed by atoms with Gasteiger partial charge in [0, 0.05) is 12.7 Å². The van der Waals surface area contributed by atoms with Crippen LogP contribution in [0, 0.1) is 0 Å². The summed E-state index contributed by atoms with van der Waals surface area (Å²) < 4.78 is 24.8. The molecule has 1 atom stereocenters. The molecule has 2 aromatic carbocycles. The number of amides is 1. The first-order valence-corrected chi connectivity index (χ1v) is 10.9. The Labute approximate surface area is 168 Å². The number of carbonyl (C=O) groups is 1. The maximum Gasteiger partial charge on any atom is 0.238 e. The van der Waals surface area contributed by atoms with E-state index >= 15 is 0 Å². The van der Waals surface area contributed by atoms with Crippen LogP contribution in [-0.4, -0.2) is 29.1 Å². The van der Waals surface area contributed by atoms with Crippen LogP contribution in [0.2, 0.25) is 0 Å². The first-order valence-electron chi connectivity index (χ1n) is 8.43. The summed E-state index contributed by atoms with van der Waals surface area (Å²) in [6.07, 6.45) is 1.78. The van der Waals surface area contributed by atoms with Crippen molar-refractivity contribution in [3.8, 4) is 11.3 Å². The molecule has 3 aromatic rings. The lowest BCUT2D eigenvalue weighted by Crippen LogP contribution is -2.23. The SMILES string of the molecule is CC(Sc1ncc(-c2ccccc2)n1C)C(=O)Nc1cccc(S(N)(=O)=O)c1. The van der Waals surface area contributed by atoms with E-state index < -0.39 is 15.3 Å². The summed E-state index contributed by atoms with van der Waals surface area (Å²) in [5.74, 6) is -0.263. The molecule has 1 amide bonds. The predicted octanol–water partition coefficient (Wildman–Crippen LogP) is 2.85. The van der Waals surface area contributed by atoms with E-state index in [1.807, 2.05) is 41.9 Å². The van der Waals surface area contributed by atoms with Crippen LogP contribution in [0.25, 0.3) is 11.3 Å². The van der Waals surface area contributed by atoms with Gasteiger partial charge in [0.25, 0.3) is 0 Å². The minimum absolute atomic E-state index is 0.0535. The molecule has 3 rings (SSSR count). The number of sulfonamides is 1. The molecule has 0 fully saturated rings. The van der Waals surface area contributed by atoms with Gasteiger partial charge in [-0.3, -0.25) is 4.79 Å². The number of thioether (sulfide) groups is 1. The van der Waals surface area contributed by atoms with Crippen molar-refractivity contribution in [2.45, 2.75) is 22.2 Å². The minimum Gasteiger partial charge on any atom is -0.325 e. The Bertz CT molecular complexity index is 1100. The highest BCUT2D eigenvalue weighted by atomic mass is 32.2. The molecule has 0 aliphatic rings. The second kappa shape index (κ2) is 8.17. The van der Waals surface area contributed by atoms with Gasteiger partial charge in [0.2, 0.25) is 15.9 Å². The van der Waals surface area contributed by atoms with Gasteiger partial charge in [0.15, 0.2) is 5.16 Å². The molecule has 0 bridgehead atoms. The molecule has 9 heteroatoms. The van der Waals surface area contributed by atoms with Crippen molar-refractivity contribution in [1.29, 1.82) is 0 Å². The highest BCUT2D eigenvalue weighted by molar-refractivity contribution is 8.00. The highest BCUT2D eigenvalue weighted by Crippen LogP contribution is 2.28. The fourth-order valence-corrected chi connectivity index (χ4v) is 4.00. The number of primary sulfonamides is 1. The molecule has 7 nitrogen and oxygen atoms in total. The lowest BCUT2D eigenvalue weighted by atomic mass is 10.2. The molecule has 0 spiro atoms. The van der Waals surface area contributed by atoms with Gasteiger partial charge in [-0.05, 0) is 30.7 Å². The Morgan fingerprint density at radius 1 is 1.18 bits per heavy atom. The Hall–Kier alpha value is -2.62. The number of hydrogen-bond donors (Lipinski definition) is 2. The molecular weight excluding hydrogens is 396 g/mol. The maximum atomic E-state index is 12.5. The summed E-state index contributed by atoms with van der Waals surface area (Å²) in [5.41, 5.74) is 2.37. The monoisotopic (exact) mass is 416 g/mol. The minimum atomic E-state index is -3.83. The van der Waals surface area contributed by atoms with Crippen molar-refractivity contribution in [2.75, 3.05) is 5.32 Å². The number of nitrogens with two attached hydrogens (primary N) is 1. The van der Waals surface area contributed by atoms with Gasteiger partial charge in [-0.1, -0.05) is 48.2 Å². The summed E-state index contributed by atoms with van der Waals surface area (Å²) >= 11 is 1.32. The summed E-state index contributed by atoms with van der Waals surface area (Å²) in [6, 6.07) is 15.7. The fourth-order valence-electron chi connectivity index (χ4n) is 2.59. The molecule has 0 aliphatic heterocycles. The Morgan fingerprint density at radius 3 is 2.57 bits per heavy atom. The number of imidazole rings is 1. The van der Waals surface area contributed by atoms with Crippen LogP contribution < -0.4 is 10.5 Å². The fraction of sp³-hybridized carbons (Fsp3) is 0.158. The van der Waals surface area contributed by atoms with Crippen LogP contribution >= 0.6 is 11.8 Å². The predicted molar refractivity (Wildman–Crippen MR) is 110 cm³/mol. The molecule has 1 aromatic heterocycles. The molecular formula is C19H20N4O3S2. The Morgan fingerprint density at radius 2 is 1.89 bits per heavy atom. The van der Waals surface area contributed by atoms with Crippen molar-refractivity contribution in [3.63, 3.8) is 0 Å². The molecule has 0 aliphatic carbocycles. The summed E-state index contributed by atoms with van der Waals surface area (Å²) in [7, 11) is -1.93. The normalized spacial score (nSPS) is 12.5. The second-order valence-corrected chi connectivity index (χ2v) is 9.04. The smallest absolute Gasteiger partial charge is 0.238 e. The van der Waals surface area contributed by atoms with E-state index in [-0.39, 0.29) is 10.8 Å². The van der Waals surface area contributed by atoms with Crippen molar-refractivity contribution < 1.29 is 13.2 Å². The number of benzene rings is 2. The van der Waals surface area contributed by atoms with Crippen LogP contribution in [-0.2, 0) is 21.9 Å². The van der Waals surface area contributed by atoms with Crippen molar-refractivity contribution in [3.05, 3.63) is 60.8 Å². The molecule has 146 valence electrons. The van der Waals surface area contributed by atoms with Gasteiger partial charge in [0.1, 0.15) is 0 Å². The van der Waals surface area contributed by atoms with Gasteiger partial charge in [-0.15, -0.1) is 0 Å². The second-order valence-electron chi connectivity index (χ2n) is 6.17. The number of hydrogen-bond acceptors (Lipinski definition) is 5. The van der Waals surface area contributed by atoms with Gasteiger partial charge in [0.05, 0.1) is 22.0 Å². The van der Waals surface area contributed by atoms with Crippen molar-refractivity contribution >= 4 is 33.4 Å². The van der Waals surface area contributed by atoms with Crippen molar-refractivity contribution in [2.24, 2.45) is 12.2 Å². The average molecular weight is 417 g/mol. The van der Waals surface area contributed by atoms with E-state index in [1.165, 1.54) is 30.0 Å². The van der Waals surface area contributed by atoms with Crippen molar-refractivity contribution in [1.82, 2.24) is 9.55 Å². The molecule has 0 radical (unpaired) electrons. The van der Waals surface area contributed by atoms with Crippen LogP contribution in [0.3, 0.4) is 0 Å². The van der Waals surface area contributed by atoms with E-state index in [2.05, 4.69) is 10.3 Å². The third-order valence-electron chi connectivity index (χ3n) is 4.10. The number of carbonyl (C=O) groups excluding carboxylic acids is 1. The molecule has 0 saturated heterocycles. The van der Waals surface area contributed by atoms with E-state index in [1.54, 1.807) is 19.2 Å². The number of nitrogens with one attached hydrogen (secondary N) is 1. The first kappa shape index (κ1) is 20.1. The standard InChI is InChI=1S/C19H20N4O3S2/c1-13(18(24)22-15-9-6-10-16(11-15)28(20,25)26)27-19-21-12-17(23(19)2)14-7-4-3-5-8-14/h3-13H,1-2H3,(H,22,24)(H2,20,25,26). The zero-order chi connectivity index (χ0) is 20.3. The summed E-state index contributed by atoms with van der Waals surface area (Å²) in [4.78, 5) is 16.9. The summed E-state index contributed by atoms with van der Waals surface area (Å²) in [6.45, 7) is 1.76. The van der Waals surface area contributed by atoms with E-state index in [0.717, 1.165) is 11.3 Å². The van der Waals surface area contributed by atoms with Gasteiger partial charge in [-0.2, -0.15) is 0 Å². The largest absolute Gasteiger partial charge is 0.325 e. The van der Waals surface area contributed by atoms with Gasteiger partial charge in [-0.25, -0.2) is 18.5 Å². The number of aromatic nitrogens is 2. The summed E-state index contributed by atoms with van der Waals surface area (Å²) in [5, 5.41) is 8.11. The topological polar surface area (TPSA) is 107 Å². The molecule has 1 heterocycles. The van der Waals surface area contributed by atoms with Gasteiger partial charge >= 0.3 is 0 Å². The third-order valence-corrected chi connectivity index (χ3v) is 6.17. The van der Waals surface area contributed by atoms with Crippen LogP contribution in [0.4, 0.5) is 5.69 Å². The quantitative estimate of drug-likeness (QED) is 0.601. The van der Waals surface area contributed by atoms with E-state index in [0.29, 0.717) is 10.8 Å². The lowest BCUT2D eigenvalue weighted by Gasteiger charge is -2.13. The Kier molecular flexibility index (Phi) is 5.87. The molecule has 0 saturated carbocycles. The average Bonchev–Trinajstić information content (AvgIpc) is 3.02. The highest BCUT2D eigenvalue weighted by Gasteiger charge is 2.19. The first-order chi connectivity index (χ1) is 13.3. The van der Waals surface area contributed by atoms with E-state index in [9.17, 15) is 13.2 Å². The third kappa shape index (κ3) is 4.61. The zero-order valence-corrected chi connectivity index (χ0v) is 17.0. The number of rotatable bonds is 6. The molecule has 28 heavy (non-hydrogen) atoms. The molecule has 1 unspecified atom stereocenters. The number of nitrogens with zero attached hydrogens (tertiary/aromatic N) is 2. The van der Waals surface area contributed by atoms with Crippen LogP contribution in [0.5, 0.6) is 0 Å². The molecule has 3 N–H and O–H groups in total. The number of anilines is 1.